The molecule has 0 heterocycles. The number of hydrogen-bond donors (Lipinski definition) is 2. The standard InChI is InChI=1S/C13H26N2O/c1-10(11-7-5-4-6-8-11)15-12(16)9-13(2,3)14/h10-11H,4-9,14H2,1-3H3,(H,15,16)/t10-/m1/s1. The monoisotopic (exact) mass is 226 g/mol. The molecule has 1 atom stereocenters. The minimum Gasteiger partial charge on any atom is -0.353 e. The number of nitrogens with one attached hydrogen (secondary N) is 1. The number of nitrogens with two attached hydrogens (primary N) is 1. The number of carbonyl (C=O) groups excluding carboxylic acids is 1. The minimum atomic E-state index is -0.406. The van der Waals surface area contributed by atoms with Crippen molar-refractivity contribution in [1.82, 2.24) is 5.32 Å². The molecule has 16 heavy (non-hydrogen) atoms. The van der Waals surface area contributed by atoms with Gasteiger partial charge >= 0.3 is 0 Å². The van der Waals surface area contributed by atoms with Crippen molar-refractivity contribution in [3.05, 3.63) is 0 Å². The van der Waals surface area contributed by atoms with Crippen LogP contribution in [0.5, 0.6) is 0 Å². The zero-order chi connectivity index (χ0) is 12.2. The predicted octanol–water partition coefficient (Wildman–Crippen LogP) is 2.20. The third-order valence-corrected chi connectivity index (χ3v) is 3.36. The summed E-state index contributed by atoms with van der Waals surface area (Å²) >= 11 is 0. The zero-order valence-electron chi connectivity index (χ0n) is 10.9. The SMILES string of the molecule is C[C@@H](NC(=O)CC(C)(C)N)C1CCCCC1. The summed E-state index contributed by atoms with van der Waals surface area (Å²) in [6.45, 7) is 5.90. The van der Waals surface area contributed by atoms with Crippen LogP contribution in [-0.4, -0.2) is 17.5 Å². The molecule has 0 aliphatic heterocycles. The molecule has 3 heteroatoms. The van der Waals surface area contributed by atoms with E-state index in [9.17, 15) is 4.79 Å². The molecule has 3 nitrogen and oxygen atoms in total. The van der Waals surface area contributed by atoms with Gasteiger partial charge in [0.1, 0.15) is 0 Å². The number of rotatable bonds is 4. The van der Waals surface area contributed by atoms with E-state index in [0.29, 0.717) is 18.4 Å². The maximum absolute atomic E-state index is 11.7. The normalized spacial score (nSPS) is 20.5. The van der Waals surface area contributed by atoms with Crippen molar-refractivity contribution >= 4 is 5.91 Å². The molecule has 1 saturated carbocycles. The summed E-state index contributed by atoms with van der Waals surface area (Å²) in [4.78, 5) is 11.7. The molecule has 1 rings (SSSR count). The van der Waals surface area contributed by atoms with Gasteiger partial charge < -0.3 is 11.1 Å². The Morgan fingerprint density at radius 2 is 1.94 bits per heavy atom. The zero-order valence-corrected chi connectivity index (χ0v) is 10.9. The van der Waals surface area contributed by atoms with Gasteiger partial charge in [-0.3, -0.25) is 4.79 Å². The number of carbonyl (C=O) groups is 1. The van der Waals surface area contributed by atoms with E-state index in [0.717, 1.165) is 0 Å². The van der Waals surface area contributed by atoms with Crippen LogP contribution in [0.25, 0.3) is 0 Å². The topological polar surface area (TPSA) is 55.1 Å². The highest BCUT2D eigenvalue weighted by Gasteiger charge is 2.23. The molecule has 0 bridgehead atoms. The summed E-state index contributed by atoms with van der Waals surface area (Å²) in [7, 11) is 0. The van der Waals surface area contributed by atoms with E-state index >= 15 is 0 Å². The van der Waals surface area contributed by atoms with Crippen LogP contribution in [0.15, 0.2) is 0 Å². The van der Waals surface area contributed by atoms with Crippen molar-refractivity contribution < 1.29 is 4.79 Å². The fourth-order valence-corrected chi connectivity index (χ4v) is 2.47. The summed E-state index contributed by atoms with van der Waals surface area (Å²) in [5.74, 6) is 0.754. The van der Waals surface area contributed by atoms with Gasteiger partial charge in [-0.25, -0.2) is 0 Å². The average Bonchev–Trinajstić information content (AvgIpc) is 2.16. The number of hydrogen-bond acceptors (Lipinski definition) is 2. The van der Waals surface area contributed by atoms with Crippen molar-refractivity contribution in [2.75, 3.05) is 0 Å². The lowest BCUT2D eigenvalue weighted by molar-refractivity contribution is -0.123. The third-order valence-electron chi connectivity index (χ3n) is 3.36. The lowest BCUT2D eigenvalue weighted by Crippen LogP contribution is -2.44. The van der Waals surface area contributed by atoms with Gasteiger partial charge in [-0.15, -0.1) is 0 Å². The molecule has 0 saturated heterocycles. The van der Waals surface area contributed by atoms with E-state index in [-0.39, 0.29) is 5.91 Å². The fourth-order valence-electron chi connectivity index (χ4n) is 2.47. The fraction of sp³-hybridized carbons (Fsp3) is 0.923. The average molecular weight is 226 g/mol. The maximum atomic E-state index is 11.7. The van der Waals surface area contributed by atoms with Crippen molar-refractivity contribution in [3.8, 4) is 0 Å². The van der Waals surface area contributed by atoms with Crippen LogP contribution in [0, 0.1) is 5.92 Å². The van der Waals surface area contributed by atoms with Crippen molar-refractivity contribution in [1.29, 1.82) is 0 Å². The Morgan fingerprint density at radius 3 is 2.44 bits per heavy atom. The first kappa shape index (κ1) is 13.5. The molecule has 0 aromatic heterocycles. The molecule has 3 N–H and O–H groups in total. The smallest absolute Gasteiger partial charge is 0.222 e. The first-order valence-electron chi connectivity index (χ1n) is 6.47. The Hall–Kier alpha value is -0.570. The molecular formula is C13H26N2O. The first-order chi connectivity index (χ1) is 7.38. The summed E-state index contributed by atoms with van der Waals surface area (Å²) < 4.78 is 0. The Labute approximate surface area is 99.2 Å². The van der Waals surface area contributed by atoms with E-state index in [1.54, 1.807) is 0 Å². The van der Waals surface area contributed by atoms with Crippen molar-refractivity contribution in [2.45, 2.75) is 70.9 Å². The Morgan fingerprint density at radius 1 is 1.38 bits per heavy atom. The molecule has 0 aromatic carbocycles. The largest absolute Gasteiger partial charge is 0.353 e. The van der Waals surface area contributed by atoms with Gasteiger partial charge in [0.15, 0.2) is 0 Å². The molecule has 1 fully saturated rings. The summed E-state index contributed by atoms with van der Waals surface area (Å²) in [5, 5.41) is 3.09. The van der Waals surface area contributed by atoms with E-state index in [1.165, 1.54) is 32.1 Å². The molecule has 1 aliphatic rings. The van der Waals surface area contributed by atoms with Crippen LogP contribution in [0.2, 0.25) is 0 Å². The second kappa shape index (κ2) is 5.67. The van der Waals surface area contributed by atoms with Gasteiger partial charge in [0.05, 0.1) is 0 Å². The number of amides is 1. The van der Waals surface area contributed by atoms with Crippen LogP contribution in [-0.2, 0) is 4.79 Å². The van der Waals surface area contributed by atoms with Crippen LogP contribution < -0.4 is 11.1 Å². The lowest BCUT2D eigenvalue weighted by atomic mass is 9.84. The lowest BCUT2D eigenvalue weighted by Gasteiger charge is -2.29. The third kappa shape index (κ3) is 4.97. The second-order valence-corrected chi connectivity index (χ2v) is 5.92. The van der Waals surface area contributed by atoms with Gasteiger partial charge in [0.25, 0.3) is 0 Å². The van der Waals surface area contributed by atoms with Crippen LogP contribution >= 0.6 is 0 Å². The van der Waals surface area contributed by atoms with Gasteiger partial charge in [0, 0.05) is 18.0 Å². The van der Waals surface area contributed by atoms with Crippen molar-refractivity contribution in [3.63, 3.8) is 0 Å². The summed E-state index contributed by atoms with van der Waals surface area (Å²) in [5.41, 5.74) is 5.42. The van der Waals surface area contributed by atoms with Crippen LogP contribution in [0.4, 0.5) is 0 Å². The van der Waals surface area contributed by atoms with E-state index in [4.69, 9.17) is 5.73 Å². The van der Waals surface area contributed by atoms with Crippen LogP contribution in [0.3, 0.4) is 0 Å². The molecule has 0 unspecified atom stereocenters. The minimum absolute atomic E-state index is 0.0885. The molecular weight excluding hydrogens is 200 g/mol. The van der Waals surface area contributed by atoms with E-state index in [2.05, 4.69) is 12.2 Å². The maximum Gasteiger partial charge on any atom is 0.222 e. The van der Waals surface area contributed by atoms with E-state index < -0.39 is 5.54 Å². The second-order valence-electron chi connectivity index (χ2n) is 5.92. The van der Waals surface area contributed by atoms with Crippen molar-refractivity contribution in [2.24, 2.45) is 11.7 Å². The van der Waals surface area contributed by atoms with Gasteiger partial charge in [-0.1, -0.05) is 19.3 Å². The Bertz CT molecular complexity index is 227. The highest BCUT2D eigenvalue weighted by molar-refractivity contribution is 5.77. The highest BCUT2D eigenvalue weighted by atomic mass is 16.1. The van der Waals surface area contributed by atoms with Crippen LogP contribution in [0.1, 0.15) is 59.3 Å². The van der Waals surface area contributed by atoms with Gasteiger partial charge in [-0.2, -0.15) is 0 Å². The Kier molecular flexibility index (Phi) is 4.78. The molecule has 1 aliphatic carbocycles. The van der Waals surface area contributed by atoms with E-state index in [1.807, 2.05) is 13.8 Å². The van der Waals surface area contributed by atoms with Gasteiger partial charge in [-0.05, 0) is 39.5 Å². The summed E-state index contributed by atoms with van der Waals surface area (Å²) in [6, 6.07) is 0.301. The molecule has 94 valence electrons. The molecule has 0 spiro atoms. The Balaban J connectivity index is 2.32. The predicted molar refractivity (Wildman–Crippen MR) is 67.1 cm³/mol. The molecule has 0 radical (unpaired) electrons. The highest BCUT2D eigenvalue weighted by Crippen LogP contribution is 2.26. The molecule has 0 aromatic rings. The van der Waals surface area contributed by atoms with Gasteiger partial charge in [0.2, 0.25) is 5.91 Å². The summed E-state index contributed by atoms with van der Waals surface area (Å²) in [6.07, 6.45) is 6.90. The quantitative estimate of drug-likeness (QED) is 0.772. The molecule has 1 amide bonds. The first-order valence-corrected chi connectivity index (χ1v) is 6.47.